The molecule has 3 unspecified atom stereocenters. The molecule has 2 N–H and O–H groups in total. The van der Waals surface area contributed by atoms with Gasteiger partial charge in [-0.05, 0) is 31.2 Å². The van der Waals surface area contributed by atoms with Crippen LogP contribution >= 0.6 is 0 Å². The number of hydrogen-bond acceptors (Lipinski definition) is 3. The van der Waals surface area contributed by atoms with E-state index in [1.165, 1.54) is 31.5 Å². The van der Waals surface area contributed by atoms with Crippen molar-refractivity contribution in [1.29, 1.82) is 0 Å². The minimum atomic E-state index is -0.0690. The monoisotopic (exact) mass is 393 g/mol. The third-order valence-corrected chi connectivity index (χ3v) is 6.86. The highest BCUT2D eigenvalue weighted by molar-refractivity contribution is 6.08. The molecule has 154 valence electrons. The van der Waals surface area contributed by atoms with Gasteiger partial charge in [-0.1, -0.05) is 12.1 Å². The number of benzene rings is 2. The largest absolute Gasteiger partial charge is 0.377 e. The molecular weight excluding hydrogens is 360 g/mol. The van der Waals surface area contributed by atoms with Gasteiger partial charge in [-0.25, -0.2) is 0 Å². The maximum atomic E-state index is 12.9. The van der Waals surface area contributed by atoms with Crippen LogP contribution in [0, 0.1) is 0 Å². The highest BCUT2D eigenvalue weighted by Crippen LogP contribution is 2.39. The van der Waals surface area contributed by atoms with Gasteiger partial charge in [-0.15, -0.1) is 0 Å². The smallest absolute Gasteiger partial charge is 0.257 e. The standard InChI is InChI=1S/C24H32N4O/c1-18-7-6-16-28(18,21-14-15-25-17-21)20-12-10-19(11-13-20)26-24(29)22-8-4-5-9-23(22)27(2)3/h4-5,8-13,18,21,25H,6-7,14-17H2,1-3H3/p+1. The van der Waals surface area contributed by atoms with Crippen LogP contribution in [-0.2, 0) is 0 Å². The molecule has 0 aliphatic carbocycles. The maximum Gasteiger partial charge on any atom is 0.257 e. The molecule has 5 nitrogen and oxygen atoms in total. The zero-order valence-electron chi connectivity index (χ0n) is 17.8. The van der Waals surface area contributed by atoms with Crippen LogP contribution in [-0.4, -0.2) is 51.7 Å². The molecule has 2 saturated heterocycles. The number of hydrogen-bond donors (Lipinski definition) is 2. The van der Waals surface area contributed by atoms with Gasteiger partial charge in [0.1, 0.15) is 11.7 Å². The normalized spacial score (nSPS) is 26.4. The third-order valence-electron chi connectivity index (χ3n) is 6.86. The number of nitrogens with zero attached hydrogens (tertiary/aromatic N) is 2. The number of rotatable bonds is 5. The maximum absolute atomic E-state index is 12.9. The molecule has 0 aromatic heterocycles. The summed E-state index contributed by atoms with van der Waals surface area (Å²) in [5.41, 5.74) is 3.85. The summed E-state index contributed by atoms with van der Waals surface area (Å²) in [5, 5.41) is 6.64. The fourth-order valence-electron chi connectivity index (χ4n) is 5.34. The Morgan fingerprint density at radius 3 is 2.48 bits per heavy atom. The summed E-state index contributed by atoms with van der Waals surface area (Å²) in [7, 11) is 3.91. The molecule has 29 heavy (non-hydrogen) atoms. The summed E-state index contributed by atoms with van der Waals surface area (Å²) in [5.74, 6) is -0.0690. The van der Waals surface area contributed by atoms with E-state index in [9.17, 15) is 4.79 Å². The number of anilines is 2. The predicted octanol–water partition coefficient (Wildman–Crippen LogP) is 3.86. The zero-order chi connectivity index (χ0) is 20.4. The minimum absolute atomic E-state index is 0.0690. The Morgan fingerprint density at radius 1 is 1.10 bits per heavy atom. The highest BCUT2D eigenvalue weighted by atomic mass is 16.1. The lowest BCUT2D eigenvalue weighted by Crippen LogP contribution is -2.59. The van der Waals surface area contributed by atoms with Crippen molar-refractivity contribution >= 4 is 23.0 Å². The fourth-order valence-corrected chi connectivity index (χ4v) is 5.34. The number of para-hydroxylation sites is 1. The van der Waals surface area contributed by atoms with Crippen molar-refractivity contribution in [1.82, 2.24) is 9.80 Å². The molecule has 1 amide bonds. The first kappa shape index (κ1) is 19.9. The quantitative estimate of drug-likeness (QED) is 0.759. The molecule has 3 atom stereocenters. The SMILES string of the molecule is CC1CCC[N+]1(c1ccc(NC(=O)c2ccccc2N(C)C)cc1)C1CCNC1. The first-order valence-corrected chi connectivity index (χ1v) is 10.8. The highest BCUT2D eigenvalue weighted by Gasteiger charge is 2.47. The van der Waals surface area contributed by atoms with E-state index in [1.807, 2.05) is 43.3 Å². The average Bonchev–Trinajstić information content (AvgIpc) is 3.39. The number of likely N-dealkylation sites (tertiary alicyclic amines) is 1. The number of carbonyl (C=O) groups excluding carboxylic acids is 1. The molecule has 0 spiro atoms. The van der Waals surface area contributed by atoms with Crippen molar-refractivity contribution < 1.29 is 4.79 Å². The van der Waals surface area contributed by atoms with E-state index in [-0.39, 0.29) is 5.91 Å². The van der Waals surface area contributed by atoms with Gasteiger partial charge < -0.3 is 15.5 Å². The average molecular weight is 394 g/mol. The topological polar surface area (TPSA) is 44.4 Å². The second-order valence-corrected chi connectivity index (χ2v) is 8.70. The van der Waals surface area contributed by atoms with Crippen LogP contribution < -0.4 is 20.0 Å². The minimum Gasteiger partial charge on any atom is -0.377 e. The zero-order valence-corrected chi connectivity index (χ0v) is 17.8. The molecule has 2 aliphatic rings. The van der Waals surface area contributed by atoms with E-state index in [0.29, 0.717) is 17.6 Å². The summed E-state index contributed by atoms with van der Waals surface area (Å²) in [6.45, 7) is 5.84. The van der Waals surface area contributed by atoms with Gasteiger partial charge in [0, 0.05) is 70.0 Å². The Kier molecular flexibility index (Phi) is 5.61. The lowest BCUT2D eigenvalue weighted by atomic mass is 10.1. The van der Waals surface area contributed by atoms with Gasteiger partial charge in [0.2, 0.25) is 0 Å². The second kappa shape index (κ2) is 8.17. The first-order chi connectivity index (χ1) is 14.0. The molecular formula is C24H33N4O+. The summed E-state index contributed by atoms with van der Waals surface area (Å²) in [6, 6.07) is 17.6. The second-order valence-electron chi connectivity index (χ2n) is 8.70. The molecule has 4 rings (SSSR count). The molecule has 0 radical (unpaired) electrons. The van der Waals surface area contributed by atoms with Crippen molar-refractivity contribution in [3.63, 3.8) is 0 Å². The van der Waals surface area contributed by atoms with E-state index in [1.54, 1.807) is 0 Å². The lowest BCUT2D eigenvalue weighted by molar-refractivity contribution is 0.102. The van der Waals surface area contributed by atoms with Gasteiger partial charge in [0.15, 0.2) is 0 Å². The van der Waals surface area contributed by atoms with Crippen LogP contribution in [0.1, 0.15) is 36.5 Å². The van der Waals surface area contributed by atoms with Gasteiger partial charge in [-0.2, -0.15) is 0 Å². The Labute approximate surface area is 174 Å². The molecule has 2 heterocycles. The Morgan fingerprint density at radius 2 is 1.86 bits per heavy atom. The van der Waals surface area contributed by atoms with Crippen molar-refractivity contribution in [2.24, 2.45) is 0 Å². The van der Waals surface area contributed by atoms with E-state index in [2.05, 4.69) is 41.8 Å². The molecule has 2 aromatic carbocycles. The Bertz CT molecular complexity index is 857. The fraction of sp³-hybridized carbons (Fsp3) is 0.458. The number of carbonyl (C=O) groups is 1. The van der Waals surface area contributed by atoms with E-state index in [0.717, 1.165) is 28.9 Å². The van der Waals surface area contributed by atoms with Crippen LogP contribution in [0.3, 0.4) is 0 Å². The number of quaternary nitrogens is 1. The molecule has 2 aliphatic heterocycles. The van der Waals surface area contributed by atoms with Crippen LogP contribution in [0.25, 0.3) is 0 Å². The predicted molar refractivity (Wildman–Crippen MR) is 122 cm³/mol. The van der Waals surface area contributed by atoms with Crippen molar-refractivity contribution in [2.75, 3.05) is 43.9 Å². The molecule has 5 heteroatoms. The summed E-state index contributed by atoms with van der Waals surface area (Å²) >= 11 is 0. The van der Waals surface area contributed by atoms with E-state index < -0.39 is 0 Å². The molecule has 0 bridgehead atoms. The first-order valence-electron chi connectivity index (χ1n) is 10.8. The van der Waals surface area contributed by atoms with Crippen molar-refractivity contribution in [3.8, 4) is 0 Å². The van der Waals surface area contributed by atoms with Crippen LogP contribution in [0.2, 0.25) is 0 Å². The molecule has 0 saturated carbocycles. The van der Waals surface area contributed by atoms with Crippen LogP contribution in [0.15, 0.2) is 48.5 Å². The van der Waals surface area contributed by atoms with Gasteiger partial charge in [-0.3, -0.25) is 9.28 Å². The van der Waals surface area contributed by atoms with Gasteiger partial charge in [0.25, 0.3) is 5.91 Å². The lowest BCUT2D eigenvalue weighted by Gasteiger charge is -2.43. The molecule has 2 fully saturated rings. The summed E-state index contributed by atoms with van der Waals surface area (Å²) in [4.78, 5) is 14.8. The van der Waals surface area contributed by atoms with Gasteiger partial charge >= 0.3 is 0 Å². The van der Waals surface area contributed by atoms with Gasteiger partial charge in [0.05, 0.1) is 18.2 Å². The number of amides is 1. The van der Waals surface area contributed by atoms with Crippen molar-refractivity contribution in [2.45, 2.75) is 38.3 Å². The van der Waals surface area contributed by atoms with Crippen LogP contribution in [0.4, 0.5) is 17.1 Å². The summed E-state index contributed by atoms with van der Waals surface area (Å²) in [6.07, 6.45) is 3.82. The Hall–Kier alpha value is -2.37. The van der Waals surface area contributed by atoms with Crippen molar-refractivity contribution in [3.05, 3.63) is 54.1 Å². The van der Waals surface area contributed by atoms with Crippen LogP contribution in [0.5, 0.6) is 0 Å². The Balaban J connectivity index is 1.56. The molecule has 2 aromatic rings. The third kappa shape index (κ3) is 3.65. The van der Waals surface area contributed by atoms with E-state index >= 15 is 0 Å². The summed E-state index contributed by atoms with van der Waals surface area (Å²) < 4.78 is 1.09. The number of nitrogens with one attached hydrogen (secondary N) is 2. The van der Waals surface area contributed by atoms with E-state index in [4.69, 9.17) is 0 Å².